The summed E-state index contributed by atoms with van der Waals surface area (Å²) in [5.41, 5.74) is 30.7. The number of rotatable bonds is 42. The van der Waals surface area contributed by atoms with Crippen LogP contribution in [0.1, 0.15) is 318 Å². The highest BCUT2D eigenvalue weighted by molar-refractivity contribution is 5.83. The number of nitrogens with zero attached hydrogens (tertiary/aromatic N) is 2. The molecule has 0 radical (unpaired) electrons. The Hall–Kier alpha value is -2.48. The van der Waals surface area contributed by atoms with Gasteiger partial charge in [-0.15, -0.1) is 0 Å². The van der Waals surface area contributed by atoms with Crippen LogP contribution in [0, 0.1) is 0 Å². The maximum atomic E-state index is 13.3. The molecule has 0 fully saturated rings. The highest BCUT2D eigenvalue weighted by Crippen LogP contribution is 2.46. The normalized spacial score (nSPS) is 13.1. The van der Waals surface area contributed by atoms with Gasteiger partial charge in [0.1, 0.15) is 0 Å². The molecule has 0 bridgehead atoms. The van der Waals surface area contributed by atoms with Crippen LogP contribution in [-0.2, 0) is 38.5 Å². The summed E-state index contributed by atoms with van der Waals surface area (Å²) in [6.07, 6.45) is 50.4. The molecule has 1 heterocycles. The zero-order valence-corrected chi connectivity index (χ0v) is 45.5. The van der Waals surface area contributed by atoms with Crippen LogP contribution in [0.3, 0.4) is 0 Å². The van der Waals surface area contributed by atoms with Crippen LogP contribution in [0.2, 0.25) is 0 Å². The molecule has 66 heavy (non-hydrogen) atoms. The quantitative estimate of drug-likeness (QED) is 0.0469. The van der Waals surface area contributed by atoms with Crippen LogP contribution in [0.5, 0.6) is 0 Å². The van der Waals surface area contributed by atoms with E-state index in [2.05, 4.69) is 79.7 Å². The Morgan fingerprint density at radius 2 is 0.500 bits per heavy atom. The van der Waals surface area contributed by atoms with E-state index in [1.165, 1.54) is 234 Å². The first-order valence-electron chi connectivity index (χ1n) is 29.7. The Bertz CT molecular complexity index is 1600. The Labute approximate surface area is 412 Å². The van der Waals surface area contributed by atoms with Crippen LogP contribution in [0.4, 0.5) is 0 Å². The third kappa shape index (κ3) is 20.2. The molecule has 2 heteroatoms. The fourth-order valence-electron chi connectivity index (χ4n) is 11.0. The SMILES string of the molecule is CCCCCCCCC1=C(c2cc(CCCCCC)c(CCCCCC)c(CCCCCC)c2)[N+](=[N-])C(c2cc(CCCCCC)c(CCCCCC)c(CCCCCC)c2)=C1CCCC. The van der Waals surface area contributed by atoms with Gasteiger partial charge in [0.25, 0.3) is 0 Å². The third-order valence-corrected chi connectivity index (χ3v) is 15.1. The first-order valence-corrected chi connectivity index (χ1v) is 29.7. The topological polar surface area (TPSA) is 25.3 Å². The molecular formula is C64H108N2. The molecule has 0 spiro atoms. The van der Waals surface area contributed by atoms with E-state index < -0.39 is 0 Å². The van der Waals surface area contributed by atoms with E-state index in [4.69, 9.17) is 0 Å². The lowest BCUT2D eigenvalue weighted by Gasteiger charge is -2.20. The van der Waals surface area contributed by atoms with Crippen molar-refractivity contribution in [1.29, 1.82) is 0 Å². The molecule has 0 saturated carbocycles. The largest absolute Gasteiger partial charge is 0.493 e. The fourth-order valence-corrected chi connectivity index (χ4v) is 11.0. The number of benzene rings is 2. The van der Waals surface area contributed by atoms with Crippen molar-refractivity contribution in [3.05, 3.63) is 85.5 Å². The van der Waals surface area contributed by atoms with Crippen molar-refractivity contribution in [2.24, 2.45) is 0 Å². The summed E-state index contributed by atoms with van der Waals surface area (Å²) >= 11 is 0. The molecule has 1 aliphatic heterocycles. The van der Waals surface area contributed by atoms with Crippen molar-refractivity contribution >= 4 is 11.4 Å². The summed E-state index contributed by atoms with van der Waals surface area (Å²) in [6.45, 7) is 18.7. The standard InChI is InChI=1S/C64H108N2/c1-9-17-25-32-33-40-48-62-61(45-24-16-8)63(57-49-53(41-34-26-18-10-2)59(46-38-30-22-14-6)54(50-57)42-35-27-19-11-3)66(65)64(62)58-51-55(43-36-28-20-12-4)60(47-39-31-23-15-7)56(52-58)44-37-29-21-13-5/h49-52H,9-48H2,1-8H3. The zero-order valence-electron chi connectivity index (χ0n) is 45.5. The van der Waals surface area contributed by atoms with E-state index in [-0.39, 0.29) is 0 Å². The second-order valence-electron chi connectivity index (χ2n) is 21.0. The molecule has 3 rings (SSSR count). The lowest BCUT2D eigenvalue weighted by Crippen LogP contribution is -2.09. The predicted molar refractivity (Wildman–Crippen MR) is 295 cm³/mol. The second-order valence-corrected chi connectivity index (χ2v) is 21.0. The zero-order chi connectivity index (χ0) is 47.6. The molecule has 0 aromatic heterocycles. The van der Waals surface area contributed by atoms with E-state index in [0.717, 1.165) is 56.3 Å². The van der Waals surface area contributed by atoms with E-state index >= 15 is 0 Å². The molecule has 0 amide bonds. The summed E-state index contributed by atoms with van der Waals surface area (Å²) in [6, 6.07) is 10.4. The van der Waals surface area contributed by atoms with Gasteiger partial charge >= 0.3 is 0 Å². The van der Waals surface area contributed by atoms with Gasteiger partial charge in [-0.25, -0.2) is 4.70 Å². The molecule has 0 N–H and O–H groups in total. The van der Waals surface area contributed by atoms with Crippen molar-refractivity contribution in [1.82, 2.24) is 0 Å². The van der Waals surface area contributed by atoms with Crippen LogP contribution >= 0.6 is 0 Å². The Kier molecular flexibility index (Phi) is 32.0. The molecule has 374 valence electrons. The molecule has 0 atom stereocenters. The number of hydrogen-bond acceptors (Lipinski definition) is 0. The minimum Gasteiger partial charge on any atom is -0.493 e. The van der Waals surface area contributed by atoms with Gasteiger partial charge < -0.3 is 5.53 Å². The van der Waals surface area contributed by atoms with Gasteiger partial charge in [0.2, 0.25) is 11.4 Å². The highest BCUT2D eigenvalue weighted by Gasteiger charge is 2.36. The first-order chi connectivity index (χ1) is 32.4. The molecule has 0 unspecified atom stereocenters. The van der Waals surface area contributed by atoms with Gasteiger partial charge in [-0.1, -0.05) is 209 Å². The molecule has 2 nitrogen and oxygen atoms in total. The van der Waals surface area contributed by atoms with Gasteiger partial charge in [0, 0.05) is 22.3 Å². The van der Waals surface area contributed by atoms with Crippen LogP contribution < -0.4 is 0 Å². The Morgan fingerprint density at radius 3 is 0.803 bits per heavy atom. The summed E-state index contributed by atoms with van der Waals surface area (Å²) < 4.78 is 1.79. The molecule has 0 saturated heterocycles. The van der Waals surface area contributed by atoms with Crippen LogP contribution in [0.25, 0.3) is 16.9 Å². The minimum absolute atomic E-state index is 1.04. The van der Waals surface area contributed by atoms with Gasteiger partial charge in [-0.2, -0.15) is 0 Å². The van der Waals surface area contributed by atoms with Gasteiger partial charge in [-0.3, -0.25) is 0 Å². The number of hydrogen-bond donors (Lipinski definition) is 0. The smallest absolute Gasteiger partial charge is 0.211 e. The fraction of sp³-hybridized carbons (Fsp3) is 0.750. The van der Waals surface area contributed by atoms with Crippen molar-refractivity contribution in [2.45, 2.75) is 312 Å². The average Bonchev–Trinajstić information content (AvgIpc) is 3.60. The summed E-state index contributed by atoms with van der Waals surface area (Å²) in [5, 5.41) is 0. The van der Waals surface area contributed by atoms with E-state index in [1.54, 1.807) is 38.1 Å². The van der Waals surface area contributed by atoms with Crippen LogP contribution in [0.15, 0.2) is 35.4 Å². The van der Waals surface area contributed by atoms with Crippen molar-refractivity contribution in [3.63, 3.8) is 0 Å². The molecular weight excluding hydrogens is 797 g/mol. The Morgan fingerprint density at radius 1 is 0.273 bits per heavy atom. The maximum Gasteiger partial charge on any atom is 0.211 e. The average molecular weight is 906 g/mol. The van der Waals surface area contributed by atoms with E-state index in [1.807, 2.05) is 0 Å². The summed E-state index contributed by atoms with van der Waals surface area (Å²) in [5.74, 6) is 0. The number of unbranched alkanes of at least 4 members (excludes halogenated alkanes) is 24. The lowest BCUT2D eigenvalue weighted by molar-refractivity contribution is -0.345. The van der Waals surface area contributed by atoms with Crippen molar-refractivity contribution in [3.8, 4) is 0 Å². The lowest BCUT2D eigenvalue weighted by atomic mass is 9.85. The molecule has 2 aromatic carbocycles. The predicted octanol–water partition coefficient (Wildman–Crippen LogP) is 21.5. The minimum atomic E-state index is 1.04. The molecule has 2 aromatic rings. The summed E-state index contributed by atoms with van der Waals surface area (Å²) in [4.78, 5) is 0. The number of aryl methyl sites for hydroxylation is 4. The monoisotopic (exact) mass is 905 g/mol. The number of allylic oxidation sites excluding steroid dienone is 2. The maximum absolute atomic E-state index is 13.3. The Balaban J connectivity index is 2.36. The third-order valence-electron chi connectivity index (χ3n) is 15.1. The van der Waals surface area contributed by atoms with Crippen molar-refractivity contribution in [2.75, 3.05) is 0 Å². The second kappa shape index (κ2) is 36.5. The summed E-state index contributed by atoms with van der Waals surface area (Å²) in [7, 11) is 0. The van der Waals surface area contributed by atoms with E-state index in [0.29, 0.717) is 0 Å². The van der Waals surface area contributed by atoms with Gasteiger partial charge in [0.15, 0.2) is 0 Å². The molecule has 0 aliphatic carbocycles. The van der Waals surface area contributed by atoms with Gasteiger partial charge in [-0.05, 0) is 160 Å². The van der Waals surface area contributed by atoms with E-state index in [9.17, 15) is 5.53 Å². The molecule has 1 aliphatic rings. The van der Waals surface area contributed by atoms with Gasteiger partial charge in [0.05, 0.1) is 0 Å². The highest BCUT2D eigenvalue weighted by atomic mass is 15.2. The van der Waals surface area contributed by atoms with Crippen LogP contribution in [-0.4, -0.2) is 4.70 Å². The van der Waals surface area contributed by atoms with Crippen molar-refractivity contribution < 1.29 is 4.70 Å². The first kappa shape index (κ1) is 57.8.